The SMILES string of the molecule is CCc1c(C)nc(-c2ccccn2)nc1NCCCCCCCCN. The van der Waals surface area contributed by atoms with Crippen molar-refractivity contribution >= 4 is 5.82 Å². The summed E-state index contributed by atoms with van der Waals surface area (Å²) in [4.78, 5) is 13.7. The predicted molar refractivity (Wildman–Crippen MR) is 105 cm³/mol. The number of nitrogens with zero attached hydrogens (tertiary/aromatic N) is 3. The van der Waals surface area contributed by atoms with Crippen molar-refractivity contribution in [3.8, 4) is 11.5 Å². The van der Waals surface area contributed by atoms with E-state index < -0.39 is 0 Å². The maximum absolute atomic E-state index is 5.52. The lowest BCUT2D eigenvalue weighted by molar-refractivity contribution is 0.605. The van der Waals surface area contributed by atoms with Crippen molar-refractivity contribution in [1.29, 1.82) is 0 Å². The standard InChI is InChI=1S/C20H31N5/c1-3-17-16(2)24-20(18-12-8-11-14-22-18)25-19(17)23-15-10-7-5-4-6-9-13-21/h8,11-12,14H,3-7,9-10,13,15,21H2,1-2H3,(H,23,24,25). The smallest absolute Gasteiger partial charge is 0.180 e. The van der Waals surface area contributed by atoms with Crippen LogP contribution in [0.4, 0.5) is 5.82 Å². The number of unbranched alkanes of at least 4 members (excludes halogenated alkanes) is 5. The van der Waals surface area contributed by atoms with Gasteiger partial charge in [-0.2, -0.15) is 0 Å². The molecule has 2 rings (SSSR count). The number of aromatic nitrogens is 3. The molecule has 5 nitrogen and oxygen atoms in total. The third kappa shape index (κ3) is 6.09. The summed E-state index contributed by atoms with van der Waals surface area (Å²) in [7, 11) is 0. The zero-order chi connectivity index (χ0) is 17.9. The molecular weight excluding hydrogens is 310 g/mol. The Hall–Kier alpha value is -2.01. The average Bonchev–Trinajstić information content (AvgIpc) is 2.64. The quantitative estimate of drug-likeness (QED) is 0.601. The van der Waals surface area contributed by atoms with Crippen LogP contribution in [0.3, 0.4) is 0 Å². The van der Waals surface area contributed by atoms with E-state index in [9.17, 15) is 0 Å². The predicted octanol–water partition coefficient (Wildman–Crippen LogP) is 4.12. The summed E-state index contributed by atoms with van der Waals surface area (Å²) < 4.78 is 0. The molecule has 0 saturated heterocycles. The lowest BCUT2D eigenvalue weighted by Gasteiger charge is -2.13. The number of nitrogens with two attached hydrogens (primary N) is 1. The zero-order valence-electron chi connectivity index (χ0n) is 15.6. The van der Waals surface area contributed by atoms with Crippen LogP contribution < -0.4 is 11.1 Å². The summed E-state index contributed by atoms with van der Waals surface area (Å²) >= 11 is 0. The van der Waals surface area contributed by atoms with Gasteiger partial charge >= 0.3 is 0 Å². The molecule has 0 spiro atoms. The Morgan fingerprint density at radius 3 is 2.44 bits per heavy atom. The fourth-order valence-electron chi connectivity index (χ4n) is 2.96. The van der Waals surface area contributed by atoms with E-state index >= 15 is 0 Å². The molecule has 0 aromatic carbocycles. The summed E-state index contributed by atoms with van der Waals surface area (Å²) in [6.45, 7) is 5.96. The van der Waals surface area contributed by atoms with Crippen LogP contribution in [0.15, 0.2) is 24.4 Å². The van der Waals surface area contributed by atoms with Gasteiger partial charge in [0.05, 0.1) is 0 Å². The average molecular weight is 342 g/mol. The maximum atomic E-state index is 5.52. The number of anilines is 1. The van der Waals surface area contributed by atoms with Crippen molar-refractivity contribution in [3.63, 3.8) is 0 Å². The van der Waals surface area contributed by atoms with Crippen LogP contribution in [0.25, 0.3) is 11.5 Å². The molecule has 0 saturated carbocycles. The molecule has 0 unspecified atom stereocenters. The Bertz CT molecular complexity index is 627. The van der Waals surface area contributed by atoms with Crippen LogP contribution in [0, 0.1) is 6.92 Å². The lowest BCUT2D eigenvalue weighted by Crippen LogP contribution is -2.10. The summed E-state index contributed by atoms with van der Waals surface area (Å²) in [5.74, 6) is 1.65. The second-order valence-electron chi connectivity index (χ2n) is 6.37. The van der Waals surface area contributed by atoms with E-state index in [4.69, 9.17) is 10.7 Å². The van der Waals surface area contributed by atoms with Crippen LogP contribution in [0.5, 0.6) is 0 Å². The van der Waals surface area contributed by atoms with E-state index in [0.717, 1.165) is 49.6 Å². The van der Waals surface area contributed by atoms with E-state index in [1.54, 1.807) is 6.20 Å². The molecular formula is C20H31N5. The van der Waals surface area contributed by atoms with E-state index in [-0.39, 0.29) is 0 Å². The number of hydrogen-bond acceptors (Lipinski definition) is 5. The summed E-state index contributed by atoms with van der Waals surface area (Å²) in [6, 6.07) is 5.82. The molecule has 0 fully saturated rings. The summed E-state index contributed by atoms with van der Waals surface area (Å²) in [5, 5.41) is 3.52. The molecule has 136 valence electrons. The van der Waals surface area contributed by atoms with Crippen LogP contribution in [-0.2, 0) is 6.42 Å². The number of pyridine rings is 1. The van der Waals surface area contributed by atoms with Gasteiger partial charge in [-0.3, -0.25) is 4.98 Å². The maximum Gasteiger partial charge on any atom is 0.180 e. The fraction of sp³-hybridized carbons (Fsp3) is 0.550. The molecule has 2 aromatic rings. The molecule has 5 heteroatoms. The van der Waals surface area contributed by atoms with Gasteiger partial charge in [0.15, 0.2) is 5.82 Å². The van der Waals surface area contributed by atoms with Gasteiger partial charge in [0.2, 0.25) is 0 Å². The highest BCUT2D eigenvalue weighted by atomic mass is 15.0. The second kappa shape index (κ2) is 10.8. The molecule has 0 atom stereocenters. The molecule has 2 aromatic heterocycles. The zero-order valence-corrected chi connectivity index (χ0v) is 15.6. The minimum absolute atomic E-state index is 0.694. The molecule has 0 aliphatic carbocycles. The third-order valence-electron chi connectivity index (χ3n) is 4.38. The first-order chi connectivity index (χ1) is 12.3. The molecule has 0 amide bonds. The highest BCUT2D eigenvalue weighted by molar-refractivity contribution is 5.56. The second-order valence-corrected chi connectivity index (χ2v) is 6.37. The Labute approximate surface area is 151 Å². The van der Waals surface area contributed by atoms with Crippen molar-refractivity contribution < 1.29 is 0 Å². The Balaban J connectivity index is 1.93. The lowest BCUT2D eigenvalue weighted by atomic mass is 10.1. The number of aryl methyl sites for hydroxylation is 1. The van der Waals surface area contributed by atoms with Gasteiger partial charge in [0.1, 0.15) is 11.5 Å². The summed E-state index contributed by atoms with van der Waals surface area (Å²) in [5.41, 5.74) is 8.57. The topological polar surface area (TPSA) is 76.7 Å². The van der Waals surface area contributed by atoms with E-state index in [1.807, 2.05) is 18.2 Å². The number of rotatable bonds is 11. The summed E-state index contributed by atoms with van der Waals surface area (Å²) in [6.07, 6.45) is 10.1. The molecule has 0 bridgehead atoms. The molecule has 2 heterocycles. The van der Waals surface area contributed by atoms with Crippen molar-refractivity contribution in [2.45, 2.75) is 58.8 Å². The van der Waals surface area contributed by atoms with Crippen molar-refractivity contribution in [3.05, 3.63) is 35.7 Å². The van der Waals surface area contributed by atoms with Crippen molar-refractivity contribution in [1.82, 2.24) is 15.0 Å². The first-order valence-electron chi connectivity index (χ1n) is 9.49. The van der Waals surface area contributed by atoms with Gasteiger partial charge in [-0.1, -0.05) is 38.7 Å². The largest absolute Gasteiger partial charge is 0.370 e. The number of nitrogens with one attached hydrogen (secondary N) is 1. The van der Waals surface area contributed by atoms with E-state index in [0.29, 0.717) is 5.82 Å². The Morgan fingerprint density at radius 2 is 1.76 bits per heavy atom. The van der Waals surface area contributed by atoms with Gasteiger partial charge in [0.25, 0.3) is 0 Å². The Morgan fingerprint density at radius 1 is 1.00 bits per heavy atom. The van der Waals surface area contributed by atoms with Crippen LogP contribution >= 0.6 is 0 Å². The van der Waals surface area contributed by atoms with Crippen molar-refractivity contribution in [2.75, 3.05) is 18.4 Å². The van der Waals surface area contributed by atoms with E-state index in [2.05, 4.69) is 29.1 Å². The van der Waals surface area contributed by atoms with Crippen LogP contribution in [-0.4, -0.2) is 28.0 Å². The monoisotopic (exact) mass is 341 g/mol. The van der Waals surface area contributed by atoms with Crippen LogP contribution in [0.1, 0.15) is 56.7 Å². The molecule has 25 heavy (non-hydrogen) atoms. The minimum Gasteiger partial charge on any atom is -0.370 e. The van der Waals surface area contributed by atoms with E-state index in [1.165, 1.54) is 31.2 Å². The Kier molecular flexibility index (Phi) is 8.32. The number of hydrogen-bond donors (Lipinski definition) is 2. The molecule has 3 N–H and O–H groups in total. The molecule has 0 radical (unpaired) electrons. The van der Waals surface area contributed by atoms with Gasteiger partial charge in [-0.05, 0) is 44.9 Å². The normalized spacial score (nSPS) is 10.8. The van der Waals surface area contributed by atoms with Crippen molar-refractivity contribution in [2.24, 2.45) is 5.73 Å². The molecule has 0 aliphatic rings. The van der Waals surface area contributed by atoms with Gasteiger partial charge < -0.3 is 11.1 Å². The fourth-order valence-corrected chi connectivity index (χ4v) is 2.96. The van der Waals surface area contributed by atoms with Gasteiger partial charge in [0, 0.05) is 24.0 Å². The molecule has 0 aliphatic heterocycles. The van der Waals surface area contributed by atoms with Gasteiger partial charge in [-0.25, -0.2) is 9.97 Å². The van der Waals surface area contributed by atoms with Crippen LogP contribution in [0.2, 0.25) is 0 Å². The highest BCUT2D eigenvalue weighted by Crippen LogP contribution is 2.21. The first-order valence-corrected chi connectivity index (χ1v) is 9.49. The first kappa shape index (κ1) is 19.3. The van der Waals surface area contributed by atoms with Gasteiger partial charge in [-0.15, -0.1) is 0 Å². The third-order valence-corrected chi connectivity index (χ3v) is 4.38. The minimum atomic E-state index is 0.694. The highest BCUT2D eigenvalue weighted by Gasteiger charge is 2.11.